The Morgan fingerprint density at radius 2 is 1.43 bits per heavy atom. The van der Waals surface area contributed by atoms with Crippen LogP contribution in [0.2, 0.25) is 0 Å². The number of fused-ring (bicyclic) bond motifs is 3. The van der Waals surface area contributed by atoms with Crippen LogP contribution in [0.25, 0.3) is 43.5 Å². The highest BCUT2D eigenvalue weighted by Gasteiger charge is 2.13. The number of nitriles is 1. The Labute approximate surface area is 182 Å². The molecule has 0 bridgehead atoms. The molecule has 0 unspecified atom stereocenters. The third kappa shape index (κ3) is 2.95. The number of nitrogens with zero attached hydrogens (tertiary/aromatic N) is 3. The number of rotatable bonds is 2. The van der Waals surface area contributed by atoms with Gasteiger partial charge in [-0.1, -0.05) is 52.3 Å². The first-order chi connectivity index (χ1) is 14.7. The van der Waals surface area contributed by atoms with Gasteiger partial charge in [0.2, 0.25) is 0 Å². The zero-order valence-electron chi connectivity index (χ0n) is 15.8. The monoisotopic (exact) mass is 447 g/mol. The summed E-state index contributed by atoms with van der Waals surface area (Å²) >= 11 is 3.50. The van der Waals surface area contributed by atoms with Crippen molar-refractivity contribution in [2.24, 2.45) is 0 Å². The number of aromatic nitrogens is 1. The molecule has 5 rings (SSSR count). The van der Waals surface area contributed by atoms with E-state index in [0.29, 0.717) is 11.3 Å². The summed E-state index contributed by atoms with van der Waals surface area (Å²) < 4.78 is 3.04. The summed E-state index contributed by atoms with van der Waals surface area (Å²) in [5.74, 6) is 0. The molecule has 3 nitrogen and oxygen atoms in total. The number of para-hydroxylation sites is 2. The van der Waals surface area contributed by atoms with Crippen molar-refractivity contribution in [3.63, 3.8) is 0 Å². The summed E-state index contributed by atoms with van der Waals surface area (Å²) in [5.41, 5.74) is 6.04. The summed E-state index contributed by atoms with van der Waals surface area (Å²) in [6.45, 7) is 7.36. The van der Waals surface area contributed by atoms with E-state index in [1.54, 1.807) is 6.07 Å². The predicted octanol–water partition coefficient (Wildman–Crippen LogP) is 7.64. The van der Waals surface area contributed by atoms with Crippen molar-refractivity contribution in [3.05, 3.63) is 106 Å². The van der Waals surface area contributed by atoms with Crippen molar-refractivity contribution in [1.29, 1.82) is 5.26 Å². The van der Waals surface area contributed by atoms with E-state index in [0.717, 1.165) is 32.3 Å². The van der Waals surface area contributed by atoms with Crippen molar-refractivity contribution < 1.29 is 0 Å². The lowest BCUT2D eigenvalue weighted by Crippen LogP contribution is -1.96. The quantitative estimate of drug-likeness (QED) is 0.256. The van der Waals surface area contributed by atoms with Crippen LogP contribution in [-0.2, 0) is 0 Å². The summed E-state index contributed by atoms with van der Waals surface area (Å²) in [4.78, 5) is 3.56. The van der Waals surface area contributed by atoms with Crippen LogP contribution in [-0.4, -0.2) is 4.57 Å². The maximum absolute atomic E-state index is 9.70. The van der Waals surface area contributed by atoms with Crippen molar-refractivity contribution in [1.82, 2.24) is 4.57 Å². The molecule has 0 radical (unpaired) electrons. The first kappa shape index (κ1) is 18.2. The van der Waals surface area contributed by atoms with Crippen molar-refractivity contribution in [2.45, 2.75) is 0 Å². The normalized spacial score (nSPS) is 10.8. The minimum absolute atomic E-state index is 0.556. The highest BCUT2D eigenvalue weighted by Crippen LogP contribution is 2.35. The Balaban J connectivity index is 1.84. The van der Waals surface area contributed by atoms with Gasteiger partial charge in [-0.05, 0) is 59.7 Å². The molecule has 0 atom stereocenters. The minimum Gasteiger partial charge on any atom is -0.309 e. The van der Waals surface area contributed by atoms with Gasteiger partial charge in [0.1, 0.15) is 0 Å². The molecule has 0 aliphatic carbocycles. The van der Waals surface area contributed by atoms with Gasteiger partial charge in [0.05, 0.1) is 29.2 Å². The molecule has 4 aromatic carbocycles. The van der Waals surface area contributed by atoms with Crippen LogP contribution in [0, 0.1) is 17.9 Å². The van der Waals surface area contributed by atoms with Crippen molar-refractivity contribution in [3.8, 4) is 22.9 Å². The molecule has 0 N–H and O–H groups in total. The fourth-order valence-corrected chi connectivity index (χ4v) is 4.46. The number of hydrogen-bond acceptors (Lipinski definition) is 1. The van der Waals surface area contributed by atoms with E-state index in [2.05, 4.69) is 61.7 Å². The first-order valence-corrected chi connectivity index (χ1v) is 10.2. The SMILES string of the molecule is [C-]#[N+]c1cc(Br)cc(-c2cc(C#N)cc(-n3c4ccccc4c4ccccc43)c2)c1. The van der Waals surface area contributed by atoms with E-state index in [9.17, 15) is 5.26 Å². The molecule has 0 fully saturated rings. The van der Waals surface area contributed by atoms with Gasteiger partial charge < -0.3 is 4.57 Å². The lowest BCUT2D eigenvalue weighted by Gasteiger charge is -2.12. The predicted molar refractivity (Wildman–Crippen MR) is 125 cm³/mol. The largest absolute Gasteiger partial charge is 0.309 e. The lowest BCUT2D eigenvalue weighted by atomic mass is 10.0. The second-order valence-electron chi connectivity index (χ2n) is 7.06. The Morgan fingerprint density at radius 1 is 0.800 bits per heavy atom. The molecule has 30 heavy (non-hydrogen) atoms. The molecule has 1 heterocycles. The number of halogens is 1. The molecule has 1 aromatic heterocycles. The maximum atomic E-state index is 9.70. The smallest absolute Gasteiger partial charge is 0.188 e. The van der Waals surface area contributed by atoms with E-state index in [1.807, 2.05) is 48.5 Å². The summed E-state index contributed by atoms with van der Waals surface area (Å²) in [5, 5.41) is 12.0. The zero-order chi connectivity index (χ0) is 20.7. The Kier molecular flexibility index (Phi) is 4.36. The zero-order valence-corrected chi connectivity index (χ0v) is 17.4. The third-order valence-corrected chi connectivity index (χ3v) is 5.69. The molecule has 0 saturated carbocycles. The molecule has 5 aromatic rings. The standard InChI is InChI=1S/C26H14BrN3/c1-29-21-13-19(12-20(27)15-21)18-10-17(16-28)11-22(14-18)30-25-8-4-2-6-23(25)24-7-3-5-9-26(24)30/h2-15H. The first-order valence-electron chi connectivity index (χ1n) is 9.40. The van der Waals surface area contributed by atoms with Crippen molar-refractivity contribution >= 4 is 43.4 Å². The molecule has 140 valence electrons. The second kappa shape index (κ2) is 7.19. The number of benzene rings is 4. The third-order valence-electron chi connectivity index (χ3n) is 5.23. The van der Waals surface area contributed by atoms with Crippen LogP contribution >= 0.6 is 15.9 Å². The molecule has 4 heteroatoms. The van der Waals surface area contributed by atoms with Gasteiger partial charge in [-0.2, -0.15) is 5.26 Å². The van der Waals surface area contributed by atoms with Crippen LogP contribution in [0.5, 0.6) is 0 Å². The Hall–Kier alpha value is -3.86. The van der Waals surface area contributed by atoms with Gasteiger partial charge >= 0.3 is 0 Å². The van der Waals surface area contributed by atoms with E-state index in [-0.39, 0.29) is 0 Å². The van der Waals surface area contributed by atoms with Crippen LogP contribution in [0.15, 0.2) is 89.4 Å². The molecule has 0 aliphatic heterocycles. The van der Waals surface area contributed by atoms with Gasteiger partial charge in [0, 0.05) is 20.9 Å². The summed E-state index contributed by atoms with van der Waals surface area (Å²) in [7, 11) is 0. The highest BCUT2D eigenvalue weighted by molar-refractivity contribution is 9.10. The van der Waals surface area contributed by atoms with E-state index >= 15 is 0 Å². The lowest BCUT2D eigenvalue weighted by molar-refractivity contribution is 1.18. The van der Waals surface area contributed by atoms with Crippen LogP contribution in [0.4, 0.5) is 5.69 Å². The minimum atomic E-state index is 0.556. The average Bonchev–Trinajstić information content (AvgIpc) is 3.13. The van der Waals surface area contributed by atoms with E-state index < -0.39 is 0 Å². The maximum Gasteiger partial charge on any atom is 0.188 e. The Bertz CT molecular complexity index is 1480. The van der Waals surface area contributed by atoms with Crippen molar-refractivity contribution in [2.75, 3.05) is 0 Å². The van der Waals surface area contributed by atoms with Gasteiger partial charge in [-0.3, -0.25) is 0 Å². The highest BCUT2D eigenvalue weighted by atomic mass is 79.9. The molecular weight excluding hydrogens is 434 g/mol. The fraction of sp³-hybridized carbons (Fsp3) is 0. The summed E-state index contributed by atoms with van der Waals surface area (Å²) in [6.07, 6.45) is 0. The molecule has 0 saturated heterocycles. The van der Waals surface area contributed by atoms with E-state index in [4.69, 9.17) is 6.57 Å². The van der Waals surface area contributed by atoms with Crippen LogP contribution in [0.3, 0.4) is 0 Å². The van der Waals surface area contributed by atoms with Gasteiger partial charge in [0.25, 0.3) is 0 Å². The van der Waals surface area contributed by atoms with Crippen LogP contribution < -0.4 is 0 Å². The summed E-state index contributed by atoms with van der Waals surface area (Å²) in [6, 6.07) is 30.4. The topological polar surface area (TPSA) is 33.1 Å². The molecule has 0 spiro atoms. The Morgan fingerprint density at radius 3 is 2.07 bits per heavy atom. The van der Waals surface area contributed by atoms with Crippen LogP contribution in [0.1, 0.15) is 5.56 Å². The average molecular weight is 448 g/mol. The van der Waals surface area contributed by atoms with Gasteiger partial charge in [-0.15, -0.1) is 0 Å². The molecular formula is C26H14BrN3. The second-order valence-corrected chi connectivity index (χ2v) is 7.98. The number of hydrogen-bond donors (Lipinski definition) is 0. The fourth-order valence-electron chi connectivity index (χ4n) is 3.98. The van der Waals surface area contributed by atoms with Gasteiger partial charge in [0.15, 0.2) is 5.69 Å². The molecule has 0 aliphatic rings. The van der Waals surface area contributed by atoms with E-state index in [1.165, 1.54) is 10.8 Å². The molecule has 0 amide bonds. The van der Waals surface area contributed by atoms with Gasteiger partial charge in [-0.25, -0.2) is 4.85 Å².